The predicted octanol–water partition coefficient (Wildman–Crippen LogP) is 2.95. The first-order valence-electron chi connectivity index (χ1n) is 4.73. The lowest BCUT2D eigenvalue weighted by atomic mass is 9.96. The summed E-state index contributed by atoms with van der Waals surface area (Å²) in [6, 6.07) is 8.39. The highest BCUT2D eigenvalue weighted by molar-refractivity contribution is 5.34. The van der Waals surface area contributed by atoms with Crippen molar-refractivity contribution >= 4 is 0 Å². The van der Waals surface area contributed by atoms with Crippen molar-refractivity contribution in [3.05, 3.63) is 35.4 Å². The van der Waals surface area contributed by atoms with E-state index >= 15 is 0 Å². The number of hydrogen-bond acceptors (Lipinski definition) is 2. The van der Waals surface area contributed by atoms with Gasteiger partial charge in [0.15, 0.2) is 6.10 Å². The van der Waals surface area contributed by atoms with Gasteiger partial charge in [-0.15, -0.1) is 0 Å². The zero-order valence-corrected chi connectivity index (χ0v) is 8.16. The van der Waals surface area contributed by atoms with Crippen LogP contribution in [0, 0.1) is 11.3 Å². The van der Waals surface area contributed by atoms with Gasteiger partial charge in [0.05, 0.1) is 17.7 Å². The van der Waals surface area contributed by atoms with E-state index in [0.717, 1.165) is 0 Å². The fraction of sp³-hybridized carbons (Fsp3) is 0.364. The maximum absolute atomic E-state index is 12.2. The minimum atomic E-state index is -4.29. The summed E-state index contributed by atoms with van der Waals surface area (Å²) in [4.78, 5) is 0. The summed E-state index contributed by atoms with van der Waals surface area (Å²) < 4.78 is 41.2. The third-order valence-corrected chi connectivity index (χ3v) is 2.51. The average Bonchev–Trinajstić information content (AvgIpc) is 2.13. The normalized spacial score (nSPS) is 24.6. The molecule has 0 aromatic heterocycles. The van der Waals surface area contributed by atoms with Crippen LogP contribution in [0.1, 0.15) is 23.7 Å². The molecule has 2 nitrogen and oxygen atoms in total. The summed E-state index contributed by atoms with van der Waals surface area (Å²) >= 11 is 0. The number of benzene rings is 1. The summed E-state index contributed by atoms with van der Waals surface area (Å²) in [6.45, 7) is 0. The standard InChI is InChI=1S/C11H8F3NO/c12-11(13,14)10-5-9(16-10)8-3-1-2-7(4-8)6-15/h1-4,9-10H,5H2. The molecule has 2 rings (SSSR count). The molecule has 1 heterocycles. The van der Waals surface area contributed by atoms with Crippen LogP contribution >= 0.6 is 0 Å². The molecule has 1 aliphatic rings. The lowest BCUT2D eigenvalue weighted by Gasteiger charge is -2.37. The van der Waals surface area contributed by atoms with Gasteiger partial charge in [-0.3, -0.25) is 0 Å². The molecule has 0 bridgehead atoms. The number of alkyl halides is 3. The topological polar surface area (TPSA) is 33.0 Å². The molecule has 1 aromatic carbocycles. The second-order valence-electron chi connectivity index (χ2n) is 3.63. The Morgan fingerprint density at radius 2 is 2.06 bits per heavy atom. The van der Waals surface area contributed by atoms with Crippen LogP contribution < -0.4 is 0 Å². The van der Waals surface area contributed by atoms with Crippen molar-refractivity contribution in [2.24, 2.45) is 0 Å². The summed E-state index contributed by atoms with van der Waals surface area (Å²) in [7, 11) is 0. The number of hydrogen-bond donors (Lipinski definition) is 0. The van der Waals surface area contributed by atoms with Gasteiger partial charge in [0.25, 0.3) is 0 Å². The Morgan fingerprint density at radius 3 is 2.62 bits per heavy atom. The first-order valence-corrected chi connectivity index (χ1v) is 4.73. The molecule has 16 heavy (non-hydrogen) atoms. The van der Waals surface area contributed by atoms with Crippen molar-refractivity contribution < 1.29 is 17.9 Å². The molecule has 84 valence electrons. The SMILES string of the molecule is N#Cc1cccc(C2CC(C(F)(F)F)O2)c1. The number of halogens is 3. The fourth-order valence-electron chi connectivity index (χ4n) is 1.62. The highest BCUT2D eigenvalue weighted by atomic mass is 19.4. The maximum Gasteiger partial charge on any atom is 0.414 e. The summed E-state index contributed by atoms with van der Waals surface area (Å²) in [5, 5.41) is 8.64. The van der Waals surface area contributed by atoms with Gasteiger partial charge in [0.2, 0.25) is 0 Å². The molecule has 1 fully saturated rings. The Labute approximate surface area is 90.3 Å². The van der Waals surface area contributed by atoms with Crippen molar-refractivity contribution in [2.75, 3.05) is 0 Å². The smallest absolute Gasteiger partial charge is 0.361 e. The van der Waals surface area contributed by atoms with Gasteiger partial charge >= 0.3 is 6.18 Å². The largest absolute Gasteiger partial charge is 0.414 e. The molecule has 1 saturated heterocycles. The van der Waals surface area contributed by atoms with Crippen molar-refractivity contribution in [3.8, 4) is 6.07 Å². The van der Waals surface area contributed by atoms with E-state index < -0.39 is 18.4 Å². The zero-order chi connectivity index (χ0) is 11.8. The van der Waals surface area contributed by atoms with E-state index in [4.69, 9.17) is 10.00 Å². The van der Waals surface area contributed by atoms with Crippen molar-refractivity contribution in [1.29, 1.82) is 5.26 Å². The molecule has 1 aromatic rings. The minimum Gasteiger partial charge on any atom is -0.361 e. The molecule has 0 radical (unpaired) electrons. The van der Waals surface area contributed by atoms with Crippen LogP contribution in [0.2, 0.25) is 0 Å². The van der Waals surface area contributed by atoms with E-state index in [1.54, 1.807) is 24.3 Å². The summed E-state index contributed by atoms with van der Waals surface area (Å²) in [6.07, 6.45) is -6.56. The van der Waals surface area contributed by atoms with Gasteiger partial charge in [-0.25, -0.2) is 0 Å². The summed E-state index contributed by atoms with van der Waals surface area (Å²) in [5.74, 6) is 0. The Balaban J connectivity index is 2.05. The van der Waals surface area contributed by atoms with Crippen LogP contribution in [-0.2, 0) is 4.74 Å². The van der Waals surface area contributed by atoms with E-state index in [1.165, 1.54) is 0 Å². The molecular formula is C11H8F3NO. The highest BCUT2D eigenvalue weighted by Gasteiger charge is 2.49. The Hall–Kier alpha value is -1.54. The van der Waals surface area contributed by atoms with Crippen LogP contribution in [0.5, 0.6) is 0 Å². The maximum atomic E-state index is 12.2. The number of nitriles is 1. The lowest BCUT2D eigenvalue weighted by Crippen LogP contribution is -2.42. The lowest BCUT2D eigenvalue weighted by molar-refractivity contribution is -0.288. The van der Waals surface area contributed by atoms with Crippen LogP contribution in [0.25, 0.3) is 0 Å². The second-order valence-corrected chi connectivity index (χ2v) is 3.63. The molecule has 2 atom stereocenters. The number of ether oxygens (including phenoxy) is 1. The van der Waals surface area contributed by atoms with Crippen LogP contribution in [0.15, 0.2) is 24.3 Å². The molecule has 2 unspecified atom stereocenters. The molecule has 1 aliphatic heterocycles. The van der Waals surface area contributed by atoms with E-state index in [9.17, 15) is 13.2 Å². The number of nitrogens with zero attached hydrogens (tertiary/aromatic N) is 1. The fourth-order valence-corrected chi connectivity index (χ4v) is 1.62. The van der Waals surface area contributed by atoms with E-state index in [2.05, 4.69) is 0 Å². The predicted molar refractivity (Wildman–Crippen MR) is 49.4 cm³/mol. The molecule has 0 amide bonds. The van der Waals surface area contributed by atoms with Gasteiger partial charge < -0.3 is 4.74 Å². The van der Waals surface area contributed by atoms with E-state index in [-0.39, 0.29) is 6.42 Å². The molecule has 0 aliphatic carbocycles. The van der Waals surface area contributed by atoms with Crippen LogP contribution in [0.3, 0.4) is 0 Å². The number of rotatable bonds is 1. The third-order valence-electron chi connectivity index (χ3n) is 2.51. The minimum absolute atomic E-state index is 0.0710. The van der Waals surface area contributed by atoms with Gasteiger partial charge in [0.1, 0.15) is 0 Å². The molecular weight excluding hydrogens is 219 g/mol. The quantitative estimate of drug-likeness (QED) is 0.738. The second kappa shape index (κ2) is 3.80. The van der Waals surface area contributed by atoms with Gasteiger partial charge in [-0.2, -0.15) is 18.4 Å². The third kappa shape index (κ3) is 2.02. The van der Waals surface area contributed by atoms with Crippen molar-refractivity contribution in [1.82, 2.24) is 0 Å². The molecule has 0 N–H and O–H groups in total. The highest BCUT2D eigenvalue weighted by Crippen LogP contribution is 2.42. The van der Waals surface area contributed by atoms with Crippen molar-refractivity contribution in [2.45, 2.75) is 24.8 Å². The van der Waals surface area contributed by atoms with Crippen molar-refractivity contribution in [3.63, 3.8) is 0 Å². The molecule has 0 saturated carbocycles. The first kappa shape index (κ1) is 11.0. The van der Waals surface area contributed by atoms with Crippen LogP contribution in [-0.4, -0.2) is 12.3 Å². The Morgan fingerprint density at radius 1 is 1.38 bits per heavy atom. The van der Waals surface area contributed by atoms with E-state index in [1.807, 2.05) is 6.07 Å². The molecule has 5 heteroatoms. The first-order chi connectivity index (χ1) is 7.50. The van der Waals surface area contributed by atoms with Gasteiger partial charge in [-0.1, -0.05) is 12.1 Å². The zero-order valence-electron chi connectivity index (χ0n) is 8.16. The Kier molecular flexibility index (Phi) is 2.60. The summed E-state index contributed by atoms with van der Waals surface area (Å²) in [5.41, 5.74) is 1.05. The van der Waals surface area contributed by atoms with Crippen LogP contribution in [0.4, 0.5) is 13.2 Å². The average molecular weight is 227 g/mol. The molecule has 0 spiro atoms. The van der Waals surface area contributed by atoms with Gasteiger partial charge in [-0.05, 0) is 17.7 Å². The Bertz CT molecular complexity index is 430. The van der Waals surface area contributed by atoms with E-state index in [0.29, 0.717) is 11.1 Å². The monoisotopic (exact) mass is 227 g/mol. The van der Waals surface area contributed by atoms with Gasteiger partial charge in [0, 0.05) is 6.42 Å².